The Bertz CT molecular complexity index is 488. The van der Waals surface area contributed by atoms with Crippen LogP contribution in [0.5, 0.6) is 5.75 Å². The number of hydrogen-bond donors (Lipinski definition) is 1. The number of carbonyl (C=O) groups is 2. The summed E-state index contributed by atoms with van der Waals surface area (Å²) < 4.78 is 5.74. The van der Waals surface area contributed by atoms with Crippen molar-refractivity contribution in [3.8, 4) is 5.75 Å². The Morgan fingerprint density at radius 1 is 1.35 bits per heavy atom. The molecule has 1 aromatic carbocycles. The van der Waals surface area contributed by atoms with Crippen LogP contribution in [0.4, 0.5) is 0 Å². The van der Waals surface area contributed by atoms with E-state index in [1.165, 1.54) is 6.07 Å². The summed E-state index contributed by atoms with van der Waals surface area (Å²) in [5, 5.41) is 8.76. The molecule has 4 heteroatoms. The lowest BCUT2D eigenvalue weighted by molar-refractivity contribution is -0.131. The summed E-state index contributed by atoms with van der Waals surface area (Å²) in [6.07, 6.45) is 1.65. The third-order valence-corrected chi connectivity index (χ3v) is 2.91. The molecule has 1 aliphatic rings. The van der Waals surface area contributed by atoms with Crippen LogP contribution in [-0.4, -0.2) is 22.5 Å². The zero-order valence-electron chi connectivity index (χ0n) is 9.82. The summed E-state index contributed by atoms with van der Waals surface area (Å²) in [5.74, 6) is -1.94. The highest BCUT2D eigenvalue weighted by Crippen LogP contribution is 2.35. The number of ketones is 1. The molecule has 90 valence electrons. The number of ether oxygens (including phenoxy) is 1. The second-order valence-corrected chi connectivity index (χ2v) is 4.79. The lowest BCUT2D eigenvalue weighted by atomic mass is 9.92. The molecule has 0 spiro atoms. The number of aryl methyl sites for hydroxylation is 1. The lowest BCUT2D eigenvalue weighted by Gasteiger charge is -2.33. The van der Waals surface area contributed by atoms with Gasteiger partial charge in [0.15, 0.2) is 0 Å². The first kappa shape index (κ1) is 11.6. The van der Waals surface area contributed by atoms with E-state index in [0.717, 1.165) is 18.4 Å². The number of hydrogen-bond acceptors (Lipinski definition) is 3. The number of carboxylic acid groups (broad SMARTS) is 1. The Labute approximate surface area is 99.2 Å². The van der Waals surface area contributed by atoms with Crippen LogP contribution in [0.1, 0.15) is 36.2 Å². The molecule has 1 aromatic rings. The molecule has 1 aliphatic heterocycles. The molecule has 0 saturated carbocycles. The second-order valence-electron chi connectivity index (χ2n) is 4.79. The van der Waals surface area contributed by atoms with Gasteiger partial charge in [-0.05, 0) is 38.3 Å². The van der Waals surface area contributed by atoms with Crippen LogP contribution >= 0.6 is 0 Å². The number of rotatable bonds is 2. The highest BCUT2D eigenvalue weighted by molar-refractivity contribution is 6.40. The van der Waals surface area contributed by atoms with E-state index in [4.69, 9.17) is 9.84 Å². The predicted octanol–water partition coefficient (Wildman–Crippen LogP) is 2.06. The number of fused-ring (bicyclic) bond motifs is 1. The standard InChI is InChI=1S/C13H14O4/c1-13(2)7-6-8-4-3-5-9(11(8)17-13)10(14)12(15)16/h3-5H,6-7H2,1-2H3,(H,15,16). The molecule has 0 atom stereocenters. The Kier molecular flexibility index (Phi) is 2.65. The van der Waals surface area contributed by atoms with Crippen molar-refractivity contribution in [3.05, 3.63) is 29.3 Å². The van der Waals surface area contributed by atoms with E-state index in [1.807, 2.05) is 19.9 Å². The maximum atomic E-state index is 11.5. The molecule has 0 amide bonds. The third kappa shape index (κ3) is 2.16. The molecule has 0 aliphatic carbocycles. The van der Waals surface area contributed by atoms with E-state index in [2.05, 4.69) is 0 Å². The van der Waals surface area contributed by atoms with Gasteiger partial charge in [-0.3, -0.25) is 4.79 Å². The van der Waals surface area contributed by atoms with Gasteiger partial charge in [0, 0.05) is 0 Å². The molecule has 4 nitrogen and oxygen atoms in total. The van der Waals surface area contributed by atoms with Gasteiger partial charge in [0.2, 0.25) is 0 Å². The fourth-order valence-electron chi connectivity index (χ4n) is 1.96. The second kappa shape index (κ2) is 3.87. The number of aliphatic carboxylic acids is 1. The van der Waals surface area contributed by atoms with Crippen molar-refractivity contribution < 1.29 is 19.4 Å². The summed E-state index contributed by atoms with van der Waals surface area (Å²) in [4.78, 5) is 22.3. The summed E-state index contributed by atoms with van der Waals surface area (Å²) in [7, 11) is 0. The molecular weight excluding hydrogens is 220 g/mol. The van der Waals surface area contributed by atoms with E-state index < -0.39 is 11.8 Å². The zero-order chi connectivity index (χ0) is 12.6. The average molecular weight is 234 g/mol. The first-order chi connectivity index (χ1) is 7.91. The number of carboxylic acids is 1. The zero-order valence-corrected chi connectivity index (χ0v) is 9.82. The normalized spacial score (nSPS) is 16.8. The highest BCUT2D eigenvalue weighted by atomic mass is 16.5. The Morgan fingerprint density at radius 2 is 2.06 bits per heavy atom. The Hall–Kier alpha value is -1.84. The molecule has 17 heavy (non-hydrogen) atoms. The van der Waals surface area contributed by atoms with Crippen molar-refractivity contribution in [2.75, 3.05) is 0 Å². The first-order valence-corrected chi connectivity index (χ1v) is 5.49. The summed E-state index contributed by atoms with van der Waals surface area (Å²) in [6, 6.07) is 5.05. The van der Waals surface area contributed by atoms with Crippen molar-refractivity contribution in [2.24, 2.45) is 0 Å². The molecule has 0 unspecified atom stereocenters. The van der Waals surface area contributed by atoms with Gasteiger partial charge < -0.3 is 9.84 Å². The molecular formula is C13H14O4. The number of para-hydroxylation sites is 1. The quantitative estimate of drug-likeness (QED) is 0.628. The summed E-state index contributed by atoms with van der Waals surface area (Å²) in [6.45, 7) is 3.86. The van der Waals surface area contributed by atoms with Gasteiger partial charge in [-0.2, -0.15) is 0 Å². The fraction of sp³-hybridized carbons (Fsp3) is 0.385. The minimum absolute atomic E-state index is 0.141. The van der Waals surface area contributed by atoms with Crippen molar-refractivity contribution in [2.45, 2.75) is 32.3 Å². The maximum Gasteiger partial charge on any atom is 0.377 e. The highest BCUT2D eigenvalue weighted by Gasteiger charge is 2.31. The smallest absolute Gasteiger partial charge is 0.377 e. The SMILES string of the molecule is CC1(C)CCc2cccc(C(=O)C(=O)O)c2O1. The van der Waals surface area contributed by atoms with Crippen LogP contribution in [0.2, 0.25) is 0 Å². The van der Waals surface area contributed by atoms with Crippen LogP contribution < -0.4 is 4.74 Å². The minimum atomic E-state index is -1.45. The van der Waals surface area contributed by atoms with E-state index in [0.29, 0.717) is 5.75 Å². The molecule has 0 aromatic heterocycles. The summed E-state index contributed by atoms with van der Waals surface area (Å²) in [5.41, 5.74) is 0.682. The van der Waals surface area contributed by atoms with E-state index in [9.17, 15) is 9.59 Å². The van der Waals surface area contributed by atoms with E-state index in [-0.39, 0.29) is 11.2 Å². The largest absolute Gasteiger partial charge is 0.487 e. The van der Waals surface area contributed by atoms with Crippen LogP contribution in [0, 0.1) is 0 Å². The molecule has 1 N–H and O–H groups in total. The van der Waals surface area contributed by atoms with Gasteiger partial charge in [0.05, 0.1) is 5.56 Å². The summed E-state index contributed by atoms with van der Waals surface area (Å²) >= 11 is 0. The average Bonchev–Trinajstić information content (AvgIpc) is 2.26. The maximum absolute atomic E-state index is 11.5. The number of Topliss-reactive ketones (excluding diaryl/α,β-unsaturated/α-hetero) is 1. The molecule has 0 saturated heterocycles. The van der Waals surface area contributed by atoms with Gasteiger partial charge in [0.1, 0.15) is 11.4 Å². The van der Waals surface area contributed by atoms with Crippen molar-refractivity contribution in [1.82, 2.24) is 0 Å². The first-order valence-electron chi connectivity index (χ1n) is 5.49. The molecule has 2 rings (SSSR count). The van der Waals surface area contributed by atoms with E-state index in [1.54, 1.807) is 6.07 Å². The Morgan fingerprint density at radius 3 is 2.71 bits per heavy atom. The molecule has 0 radical (unpaired) electrons. The fourth-order valence-corrected chi connectivity index (χ4v) is 1.96. The molecule has 0 fully saturated rings. The van der Waals surface area contributed by atoms with Gasteiger partial charge in [0.25, 0.3) is 5.78 Å². The number of carbonyl (C=O) groups excluding carboxylic acids is 1. The monoisotopic (exact) mass is 234 g/mol. The van der Waals surface area contributed by atoms with Crippen LogP contribution in [0.25, 0.3) is 0 Å². The number of benzene rings is 1. The van der Waals surface area contributed by atoms with Crippen LogP contribution in [0.3, 0.4) is 0 Å². The molecule has 1 heterocycles. The van der Waals surface area contributed by atoms with Gasteiger partial charge in [-0.25, -0.2) is 4.79 Å². The minimum Gasteiger partial charge on any atom is -0.487 e. The van der Waals surface area contributed by atoms with Crippen molar-refractivity contribution in [3.63, 3.8) is 0 Å². The van der Waals surface area contributed by atoms with Gasteiger partial charge in [-0.15, -0.1) is 0 Å². The topological polar surface area (TPSA) is 63.6 Å². The molecule has 0 bridgehead atoms. The Balaban J connectivity index is 2.49. The lowest BCUT2D eigenvalue weighted by Crippen LogP contribution is -2.33. The van der Waals surface area contributed by atoms with Crippen LogP contribution in [0.15, 0.2) is 18.2 Å². The van der Waals surface area contributed by atoms with Crippen LogP contribution in [-0.2, 0) is 11.2 Å². The van der Waals surface area contributed by atoms with Crippen molar-refractivity contribution >= 4 is 11.8 Å². The third-order valence-electron chi connectivity index (χ3n) is 2.91. The predicted molar refractivity (Wildman–Crippen MR) is 61.4 cm³/mol. The van der Waals surface area contributed by atoms with E-state index >= 15 is 0 Å². The van der Waals surface area contributed by atoms with Gasteiger partial charge in [-0.1, -0.05) is 12.1 Å². The van der Waals surface area contributed by atoms with Crippen molar-refractivity contribution in [1.29, 1.82) is 0 Å². The van der Waals surface area contributed by atoms with Gasteiger partial charge >= 0.3 is 5.97 Å².